The third-order valence-electron chi connectivity index (χ3n) is 3.71. The standard InChI is InChI=1S/C14H22ClN3O2/c1-2-17-11-12(15)10-13(17)14(20)18-5-3-4-16(6-7-18)8-9-19/h10-11,19H,2-9H2,1H3. The van der Waals surface area contributed by atoms with E-state index in [1.807, 2.05) is 16.4 Å². The summed E-state index contributed by atoms with van der Waals surface area (Å²) in [7, 11) is 0. The number of β-amino-alcohol motifs (C(OH)–C–C–N with tert-alkyl or cyclic N) is 1. The van der Waals surface area contributed by atoms with Gasteiger partial charge in [0.1, 0.15) is 5.69 Å². The number of nitrogens with zero attached hydrogens (tertiary/aromatic N) is 3. The Morgan fingerprint density at radius 3 is 2.85 bits per heavy atom. The zero-order valence-electron chi connectivity index (χ0n) is 11.9. The first kappa shape index (κ1) is 15.4. The number of aliphatic hydroxyl groups excluding tert-OH is 1. The number of amides is 1. The second kappa shape index (κ2) is 7.11. The molecular formula is C14H22ClN3O2. The number of aryl methyl sites for hydroxylation is 1. The van der Waals surface area contributed by atoms with Crippen LogP contribution in [0.5, 0.6) is 0 Å². The van der Waals surface area contributed by atoms with Crippen LogP contribution < -0.4 is 0 Å². The molecule has 112 valence electrons. The van der Waals surface area contributed by atoms with Crippen LogP contribution >= 0.6 is 11.6 Å². The van der Waals surface area contributed by atoms with Crippen LogP contribution in [-0.2, 0) is 6.54 Å². The normalized spacial score (nSPS) is 17.2. The number of halogens is 1. The van der Waals surface area contributed by atoms with E-state index in [1.165, 1.54) is 0 Å². The lowest BCUT2D eigenvalue weighted by Gasteiger charge is -2.22. The SMILES string of the molecule is CCn1cc(Cl)cc1C(=O)N1CCCN(CCO)CC1. The summed E-state index contributed by atoms with van der Waals surface area (Å²) in [6.45, 7) is 6.78. The Morgan fingerprint density at radius 1 is 1.35 bits per heavy atom. The number of hydrogen-bond acceptors (Lipinski definition) is 3. The van der Waals surface area contributed by atoms with Crippen molar-refractivity contribution in [2.45, 2.75) is 19.9 Å². The number of carbonyl (C=O) groups excluding carboxylic acids is 1. The van der Waals surface area contributed by atoms with E-state index in [0.29, 0.717) is 23.8 Å². The average Bonchev–Trinajstić information content (AvgIpc) is 2.66. The highest BCUT2D eigenvalue weighted by Crippen LogP contribution is 2.17. The molecule has 1 aliphatic heterocycles. The predicted molar refractivity (Wildman–Crippen MR) is 79.2 cm³/mol. The fraction of sp³-hybridized carbons (Fsp3) is 0.643. The average molecular weight is 300 g/mol. The molecule has 1 saturated heterocycles. The topological polar surface area (TPSA) is 48.7 Å². The Kier molecular flexibility index (Phi) is 5.46. The van der Waals surface area contributed by atoms with E-state index in [2.05, 4.69) is 4.90 Å². The molecule has 0 saturated carbocycles. The molecule has 0 aliphatic carbocycles. The van der Waals surface area contributed by atoms with Gasteiger partial charge in [0.2, 0.25) is 0 Å². The molecule has 2 heterocycles. The maximum atomic E-state index is 12.6. The van der Waals surface area contributed by atoms with Gasteiger partial charge >= 0.3 is 0 Å². The van der Waals surface area contributed by atoms with Crippen molar-refractivity contribution >= 4 is 17.5 Å². The summed E-state index contributed by atoms with van der Waals surface area (Å²) in [5, 5.41) is 9.60. The zero-order valence-corrected chi connectivity index (χ0v) is 12.6. The smallest absolute Gasteiger partial charge is 0.270 e. The van der Waals surface area contributed by atoms with E-state index in [9.17, 15) is 4.79 Å². The fourth-order valence-electron chi connectivity index (χ4n) is 2.62. The van der Waals surface area contributed by atoms with Gasteiger partial charge in [0.25, 0.3) is 5.91 Å². The lowest BCUT2D eigenvalue weighted by Crippen LogP contribution is -2.36. The predicted octanol–water partition coefficient (Wildman–Crippen LogP) is 1.30. The fourth-order valence-corrected chi connectivity index (χ4v) is 2.84. The van der Waals surface area contributed by atoms with Crippen LogP contribution in [0.1, 0.15) is 23.8 Å². The molecule has 1 amide bonds. The van der Waals surface area contributed by atoms with E-state index in [4.69, 9.17) is 16.7 Å². The highest BCUT2D eigenvalue weighted by Gasteiger charge is 2.22. The Hall–Kier alpha value is -1.04. The van der Waals surface area contributed by atoms with Gasteiger partial charge < -0.3 is 14.6 Å². The maximum absolute atomic E-state index is 12.6. The Labute approximate surface area is 124 Å². The summed E-state index contributed by atoms with van der Waals surface area (Å²) in [6, 6.07) is 1.74. The minimum Gasteiger partial charge on any atom is -0.395 e. The first-order valence-corrected chi connectivity index (χ1v) is 7.51. The maximum Gasteiger partial charge on any atom is 0.270 e. The third kappa shape index (κ3) is 3.53. The van der Waals surface area contributed by atoms with Crippen molar-refractivity contribution in [3.63, 3.8) is 0 Å². The van der Waals surface area contributed by atoms with Crippen molar-refractivity contribution in [1.82, 2.24) is 14.4 Å². The zero-order chi connectivity index (χ0) is 14.5. The summed E-state index contributed by atoms with van der Waals surface area (Å²) in [6.07, 6.45) is 2.73. The molecule has 0 atom stereocenters. The molecule has 0 bridgehead atoms. The number of rotatable bonds is 4. The highest BCUT2D eigenvalue weighted by atomic mass is 35.5. The largest absolute Gasteiger partial charge is 0.395 e. The van der Waals surface area contributed by atoms with Crippen LogP contribution in [-0.4, -0.2) is 64.7 Å². The molecular weight excluding hydrogens is 278 g/mol. The molecule has 1 aromatic heterocycles. The lowest BCUT2D eigenvalue weighted by molar-refractivity contribution is 0.0750. The van der Waals surface area contributed by atoms with Crippen molar-refractivity contribution in [2.24, 2.45) is 0 Å². The molecule has 0 aromatic carbocycles. The van der Waals surface area contributed by atoms with Crippen molar-refractivity contribution < 1.29 is 9.90 Å². The first-order chi connectivity index (χ1) is 9.65. The number of aliphatic hydroxyl groups is 1. The molecule has 6 heteroatoms. The van der Waals surface area contributed by atoms with Crippen LogP contribution in [0.15, 0.2) is 12.3 Å². The summed E-state index contributed by atoms with van der Waals surface area (Å²) < 4.78 is 1.89. The lowest BCUT2D eigenvalue weighted by atomic mass is 10.3. The van der Waals surface area contributed by atoms with Gasteiger partial charge in [0.05, 0.1) is 11.6 Å². The summed E-state index contributed by atoms with van der Waals surface area (Å²) in [5.74, 6) is 0.0459. The Bertz CT molecular complexity index is 461. The first-order valence-electron chi connectivity index (χ1n) is 7.14. The minimum absolute atomic E-state index is 0.0459. The molecule has 0 unspecified atom stereocenters. The number of carbonyl (C=O) groups is 1. The van der Waals surface area contributed by atoms with E-state index >= 15 is 0 Å². The van der Waals surface area contributed by atoms with Gasteiger partial charge in [0.15, 0.2) is 0 Å². The monoisotopic (exact) mass is 299 g/mol. The van der Waals surface area contributed by atoms with Gasteiger partial charge in [-0.25, -0.2) is 0 Å². The van der Waals surface area contributed by atoms with Crippen LogP contribution in [0.4, 0.5) is 0 Å². The van der Waals surface area contributed by atoms with Gasteiger partial charge in [-0.05, 0) is 26.0 Å². The van der Waals surface area contributed by atoms with Crippen molar-refractivity contribution in [1.29, 1.82) is 0 Å². The molecule has 1 fully saturated rings. The van der Waals surface area contributed by atoms with Crippen LogP contribution in [0, 0.1) is 0 Å². The van der Waals surface area contributed by atoms with E-state index < -0.39 is 0 Å². The molecule has 0 radical (unpaired) electrons. The Morgan fingerprint density at radius 2 is 2.15 bits per heavy atom. The number of hydrogen-bond donors (Lipinski definition) is 1. The van der Waals surface area contributed by atoms with Gasteiger partial charge in [-0.1, -0.05) is 11.6 Å². The highest BCUT2D eigenvalue weighted by molar-refractivity contribution is 6.31. The number of aromatic nitrogens is 1. The van der Waals surface area contributed by atoms with Crippen LogP contribution in [0.2, 0.25) is 5.02 Å². The van der Waals surface area contributed by atoms with E-state index in [-0.39, 0.29) is 12.5 Å². The van der Waals surface area contributed by atoms with Gasteiger partial charge in [0, 0.05) is 38.9 Å². The van der Waals surface area contributed by atoms with Crippen molar-refractivity contribution in [3.05, 3.63) is 23.0 Å². The van der Waals surface area contributed by atoms with Crippen LogP contribution in [0.3, 0.4) is 0 Å². The van der Waals surface area contributed by atoms with E-state index in [0.717, 1.165) is 32.6 Å². The van der Waals surface area contributed by atoms with Gasteiger partial charge in [-0.3, -0.25) is 9.69 Å². The van der Waals surface area contributed by atoms with Gasteiger partial charge in [-0.2, -0.15) is 0 Å². The summed E-state index contributed by atoms with van der Waals surface area (Å²) in [4.78, 5) is 16.7. The van der Waals surface area contributed by atoms with Crippen LogP contribution in [0.25, 0.3) is 0 Å². The molecule has 20 heavy (non-hydrogen) atoms. The van der Waals surface area contributed by atoms with Crippen molar-refractivity contribution in [3.8, 4) is 0 Å². The summed E-state index contributed by atoms with van der Waals surface area (Å²) in [5.41, 5.74) is 0.660. The molecule has 0 spiro atoms. The Balaban J connectivity index is 2.05. The molecule has 2 rings (SSSR count). The van der Waals surface area contributed by atoms with Crippen molar-refractivity contribution in [2.75, 3.05) is 39.3 Å². The summed E-state index contributed by atoms with van der Waals surface area (Å²) >= 11 is 6.00. The van der Waals surface area contributed by atoms with E-state index in [1.54, 1.807) is 12.3 Å². The third-order valence-corrected chi connectivity index (χ3v) is 3.92. The second-order valence-electron chi connectivity index (χ2n) is 5.04. The quantitative estimate of drug-likeness (QED) is 0.912. The minimum atomic E-state index is 0.0459. The second-order valence-corrected chi connectivity index (χ2v) is 5.48. The van der Waals surface area contributed by atoms with Gasteiger partial charge in [-0.15, -0.1) is 0 Å². The molecule has 1 aromatic rings. The molecule has 1 N–H and O–H groups in total. The molecule has 1 aliphatic rings. The molecule has 5 nitrogen and oxygen atoms in total.